The Kier molecular flexibility index (Phi) is 6.92. The van der Waals surface area contributed by atoms with Crippen molar-refractivity contribution in [2.75, 3.05) is 13.1 Å². The molecule has 2 nitrogen and oxygen atoms in total. The van der Waals surface area contributed by atoms with Crippen molar-refractivity contribution >= 4 is 0 Å². The summed E-state index contributed by atoms with van der Waals surface area (Å²) >= 11 is 0. The van der Waals surface area contributed by atoms with Crippen molar-refractivity contribution in [1.29, 1.82) is 0 Å². The van der Waals surface area contributed by atoms with Gasteiger partial charge in [0.25, 0.3) is 0 Å². The number of alkyl halides is 3. The summed E-state index contributed by atoms with van der Waals surface area (Å²) in [5.74, 6) is 0. The van der Waals surface area contributed by atoms with Crippen molar-refractivity contribution in [2.45, 2.75) is 52.0 Å². The molecule has 0 rings (SSSR count). The topological polar surface area (TPSA) is 21.3 Å². The highest BCUT2D eigenvalue weighted by molar-refractivity contribution is 4.67. The van der Waals surface area contributed by atoms with Gasteiger partial charge in [0.1, 0.15) is 0 Å². The van der Waals surface area contributed by atoms with Crippen LogP contribution >= 0.6 is 0 Å². The van der Waals surface area contributed by atoms with Crippen LogP contribution in [0.25, 0.3) is 0 Å². The van der Waals surface area contributed by atoms with Crippen LogP contribution in [0.1, 0.15) is 33.6 Å². The molecule has 0 radical (unpaired) electrons. The van der Waals surface area contributed by atoms with Gasteiger partial charge in [0, 0.05) is 6.54 Å². The maximum Gasteiger partial charge on any atom is 0.414 e. The Labute approximate surface area is 89.2 Å². The van der Waals surface area contributed by atoms with Crippen LogP contribution in [0, 0.1) is 0 Å². The molecule has 2 atom stereocenters. The first kappa shape index (κ1) is 14.7. The molecule has 0 aromatic carbocycles. The quantitative estimate of drug-likeness (QED) is 0.722. The minimum absolute atomic E-state index is 0.355. The minimum atomic E-state index is -4.27. The van der Waals surface area contributed by atoms with Gasteiger partial charge in [-0.1, -0.05) is 20.3 Å². The van der Waals surface area contributed by atoms with Crippen molar-refractivity contribution in [3.8, 4) is 0 Å². The van der Waals surface area contributed by atoms with Crippen LogP contribution < -0.4 is 5.32 Å². The highest BCUT2D eigenvalue weighted by atomic mass is 19.4. The van der Waals surface area contributed by atoms with E-state index in [0.29, 0.717) is 13.0 Å². The number of hydrogen-bond acceptors (Lipinski definition) is 2. The van der Waals surface area contributed by atoms with Gasteiger partial charge in [-0.2, -0.15) is 13.2 Å². The number of likely N-dealkylation sites (N-methyl/N-ethyl adjacent to an activating group) is 1. The molecule has 0 saturated heterocycles. The molecule has 0 heterocycles. The van der Waals surface area contributed by atoms with Gasteiger partial charge in [-0.05, 0) is 19.9 Å². The SMILES string of the molecule is CCCC(CNCC)OC(C)C(F)(F)F. The molecule has 0 fully saturated rings. The van der Waals surface area contributed by atoms with Crippen molar-refractivity contribution in [2.24, 2.45) is 0 Å². The van der Waals surface area contributed by atoms with Crippen molar-refractivity contribution in [3.05, 3.63) is 0 Å². The van der Waals surface area contributed by atoms with E-state index in [9.17, 15) is 13.2 Å². The number of nitrogens with one attached hydrogen (secondary N) is 1. The molecule has 0 spiro atoms. The summed E-state index contributed by atoms with van der Waals surface area (Å²) < 4.78 is 41.6. The van der Waals surface area contributed by atoms with E-state index in [1.54, 1.807) is 0 Å². The molecule has 92 valence electrons. The van der Waals surface area contributed by atoms with Crippen molar-refractivity contribution in [1.82, 2.24) is 5.32 Å². The van der Waals surface area contributed by atoms with E-state index >= 15 is 0 Å². The van der Waals surface area contributed by atoms with Gasteiger partial charge in [-0.15, -0.1) is 0 Å². The van der Waals surface area contributed by atoms with E-state index in [2.05, 4.69) is 5.32 Å². The second-order valence-corrected chi connectivity index (χ2v) is 3.54. The van der Waals surface area contributed by atoms with Gasteiger partial charge in [-0.25, -0.2) is 0 Å². The lowest BCUT2D eigenvalue weighted by Gasteiger charge is -2.24. The fourth-order valence-electron chi connectivity index (χ4n) is 1.21. The van der Waals surface area contributed by atoms with E-state index in [1.165, 1.54) is 0 Å². The van der Waals surface area contributed by atoms with Crippen LogP contribution in [-0.4, -0.2) is 31.5 Å². The Morgan fingerprint density at radius 3 is 2.27 bits per heavy atom. The van der Waals surface area contributed by atoms with E-state index < -0.39 is 12.3 Å². The van der Waals surface area contributed by atoms with Crippen LogP contribution in [0.2, 0.25) is 0 Å². The average molecular weight is 227 g/mol. The Hall–Kier alpha value is -0.290. The smallest absolute Gasteiger partial charge is 0.365 e. The zero-order valence-corrected chi connectivity index (χ0v) is 9.53. The summed E-state index contributed by atoms with van der Waals surface area (Å²) in [5.41, 5.74) is 0. The predicted octanol–water partition coefficient (Wildman–Crippen LogP) is 2.73. The molecule has 0 aromatic heterocycles. The first-order chi connectivity index (χ1) is 6.91. The standard InChI is InChI=1S/C10H20F3NO/c1-4-6-9(7-14-5-2)15-8(3)10(11,12)13/h8-9,14H,4-7H2,1-3H3. The first-order valence-electron chi connectivity index (χ1n) is 5.34. The summed E-state index contributed by atoms with van der Waals surface area (Å²) in [4.78, 5) is 0. The van der Waals surface area contributed by atoms with E-state index in [1.807, 2.05) is 13.8 Å². The Balaban J connectivity index is 4.03. The second-order valence-electron chi connectivity index (χ2n) is 3.54. The normalized spacial score (nSPS) is 16.4. The molecule has 0 bridgehead atoms. The molecular weight excluding hydrogens is 207 g/mol. The van der Waals surface area contributed by atoms with Crippen LogP contribution in [0.15, 0.2) is 0 Å². The van der Waals surface area contributed by atoms with Gasteiger partial charge in [0.05, 0.1) is 6.10 Å². The summed E-state index contributed by atoms with van der Waals surface area (Å²) in [5, 5.41) is 3.00. The molecule has 0 saturated carbocycles. The fourth-order valence-corrected chi connectivity index (χ4v) is 1.21. The number of rotatable bonds is 7. The molecule has 0 aliphatic heterocycles. The third-order valence-electron chi connectivity index (χ3n) is 2.09. The molecule has 2 unspecified atom stereocenters. The van der Waals surface area contributed by atoms with Crippen LogP contribution in [-0.2, 0) is 4.74 Å². The van der Waals surface area contributed by atoms with Crippen LogP contribution in [0.4, 0.5) is 13.2 Å². The Morgan fingerprint density at radius 2 is 1.87 bits per heavy atom. The second kappa shape index (κ2) is 7.06. The molecule has 5 heteroatoms. The Morgan fingerprint density at radius 1 is 1.27 bits per heavy atom. The number of ether oxygens (including phenoxy) is 1. The third kappa shape index (κ3) is 6.73. The van der Waals surface area contributed by atoms with Gasteiger partial charge in [0.2, 0.25) is 0 Å². The summed E-state index contributed by atoms with van der Waals surface area (Å²) in [7, 11) is 0. The maximum absolute atomic E-state index is 12.2. The lowest BCUT2D eigenvalue weighted by atomic mass is 10.2. The van der Waals surface area contributed by atoms with Gasteiger partial charge < -0.3 is 10.1 Å². The third-order valence-corrected chi connectivity index (χ3v) is 2.09. The summed E-state index contributed by atoms with van der Waals surface area (Å²) in [6, 6.07) is 0. The largest absolute Gasteiger partial charge is 0.414 e. The van der Waals surface area contributed by atoms with Crippen LogP contribution in [0.5, 0.6) is 0 Å². The van der Waals surface area contributed by atoms with Gasteiger partial charge in [-0.3, -0.25) is 0 Å². The predicted molar refractivity (Wildman–Crippen MR) is 53.8 cm³/mol. The van der Waals surface area contributed by atoms with Gasteiger partial charge >= 0.3 is 6.18 Å². The molecular formula is C10H20F3NO. The lowest BCUT2D eigenvalue weighted by molar-refractivity contribution is -0.226. The van der Waals surface area contributed by atoms with E-state index in [-0.39, 0.29) is 6.10 Å². The minimum Gasteiger partial charge on any atom is -0.365 e. The molecule has 0 aromatic rings. The monoisotopic (exact) mass is 227 g/mol. The molecule has 1 N–H and O–H groups in total. The molecule has 15 heavy (non-hydrogen) atoms. The number of hydrogen-bond donors (Lipinski definition) is 1. The molecule has 0 aliphatic rings. The lowest BCUT2D eigenvalue weighted by Crippen LogP contribution is -2.37. The highest BCUT2D eigenvalue weighted by Gasteiger charge is 2.38. The first-order valence-corrected chi connectivity index (χ1v) is 5.34. The molecule has 0 aliphatic carbocycles. The zero-order valence-electron chi connectivity index (χ0n) is 9.53. The summed E-state index contributed by atoms with van der Waals surface area (Å²) in [6.45, 7) is 6.11. The van der Waals surface area contributed by atoms with E-state index in [0.717, 1.165) is 19.9 Å². The number of halogens is 3. The van der Waals surface area contributed by atoms with Crippen molar-refractivity contribution in [3.63, 3.8) is 0 Å². The zero-order chi connectivity index (χ0) is 11.9. The van der Waals surface area contributed by atoms with Crippen LogP contribution in [0.3, 0.4) is 0 Å². The molecule has 0 amide bonds. The van der Waals surface area contributed by atoms with Crippen molar-refractivity contribution < 1.29 is 17.9 Å². The van der Waals surface area contributed by atoms with E-state index in [4.69, 9.17) is 4.74 Å². The highest BCUT2D eigenvalue weighted by Crippen LogP contribution is 2.24. The fraction of sp³-hybridized carbons (Fsp3) is 1.00. The summed E-state index contributed by atoms with van der Waals surface area (Å²) in [6.07, 6.45) is -4.84. The Bertz CT molecular complexity index is 161. The van der Waals surface area contributed by atoms with Gasteiger partial charge in [0.15, 0.2) is 6.10 Å². The average Bonchev–Trinajstić information content (AvgIpc) is 2.13. The maximum atomic E-state index is 12.2.